The number of rotatable bonds is 8. The Morgan fingerprint density at radius 2 is 2.32 bits per heavy atom. The van der Waals surface area contributed by atoms with Crippen LogP contribution in [-0.2, 0) is 4.79 Å². The Hall–Kier alpha value is -2.06. The van der Waals surface area contributed by atoms with Crippen LogP contribution in [-0.4, -0.2) is 35.9 Å². The summed E-state index contributed by atoms with van der Waals surface area (Å²) < 4.78 is 10.5. The summed E-state index contributed by atoms with van der Waals surface area (Å²) in [5.41, 5.74) is 8.44. The second kappa shape index (κ2) is 9.80. The molecule has 0 atom stereocenters. The molecule has 0 bridgehead atoms. The number of nitrogens with zero attached hydrogens (tertiary/aromatic N) is 1. The number of carbonyl (C=O) groups is 1. The Balaban J connectivity index is 2.72. The molecule has 1 aromatic rings. The zero-order valence-corrected chi connectivity index (χ0v) is 13.7. The zero-order valence-electron chi connectivity index (χ0n) is 12.1. The fourth-order valence-corrected chi connectivity index (χ4v) is 1.96. The molecular weight excluding hydrogens is 322 g/mol. The Labute approximate surface area is 138 Å². The maximum atomic E-state index is 11.7. The fourth-order valence-electron chi connectivity index (χ4n) is 1.40. The highest BCUT2D eigenvalue weighted by Crippen LogP contribution is 2.28. The Bertz CT molecular complexity index is 576. The van der Waals surface area contributed by atoms with Crippen molar-refractivity contribution in [2.75, 3.05) is 18.6 Å². The van der Waals surface area contributed by atoms with Gasteiger partial charge in [0.2, 0.25) is 0 Å². The van der Waals surface area contributed by atoms with Gasteiger partial charge in [0, 0.05) is 5.75 Å². The van der Waals surface area contributed by atoms with Crippen LogP contribution < -0.4 is 20.6 Å². The third-order valence-corrected chi connectivity index (χ3v) is 3.26. The SMILES string of the molecule is C=CCSCC(=O)Oc1ccc(/C=N\NC(N)=S)cc1OC. The van der Waals surface area contributed by atoms with E-state index in [1.165, 1.54) is 25.1 Å². The number of hydrogen-bond acceptors (Lipinski definition) is 6. The van der Waals surface area contributed by atoms with Crippen LogP contribution in [0, 0.1) is 0 Å². The van der Waals surface area contributed by atoms with Crippen molar-refractivity contribution in [3.05, 3.63) is 36.4 Å². The predicted octanol–water partition coefficient (Wildman–Crippen LogP) is 1.69. The van der Waals surface area contributed by atoms with Gasteiger partial charge in [-0.2, -0.15) is 5.10 Å². The molecule has 0 amide bonds. The van der Waals surface area contributed by atoms with Crippen molar-refractivity contribution in [2.24, 2.45) is 10.8 Å². The van der Waals surface area contributed by atoms with Crippen LogP contribution in [0.2, 0.25) is 0 Å². The first-order valence-electron chi connectivity index (χ1n) is 6.22. The van der Waals surface area contributed by atoms with E-state index in [1.54, 1.807) is 24.3 Å². The molecule has 118 valence electrons. The minimum absolute atomic E-state index is 0.0748. The van der Waals surface area contributed by atoms with Crippen LogP contribution in [0.25, 0.3) is 0 Å². The largest absolute Gasteiger partial charge is 0.493 e. The number of nitrogens with two attached hydrogens (primary N) is 1. The van der Waals surface area contributed by atoms with Gasteiger partial charge in [0.1, 0.15) is 0 Å². The van der Waals surface area contributed by atoms with Gasteiger partial charge < -0.3 is 15.2 Å². The first-order chi connectivity index (χ1) is 10.6. The third kappa shape index (κ3) is 6.59. The van der Waals surface area contributed by atoms with Crippen molar-refractivity contribution >= 4 is 41.3 Å². The molecule has 0 saturated heterocycles. The number of benzene rings is 1. The molecule has 1 aromatic carbocycles. The number of thiocarbonyl (C=S) groups is 1. The van der Waals surface area contributed by atoms with Gasteiger partial charge in [0.25, 0.3) is 0 Å². The molecule has 0 aliphatic rings. The lowest BCUT2D eigenvalue weighted by atomic mass is 10.2. The number of esters is 1. The molecule has 0 aliphatic heterocycles. The van der Waals surface area contributed by atoms with Crippen LogP contribution in [0.5, 0.6) is 11.5 Å². The van der Waals surface area contributed by atoms with Gasteiger partial charge in [-0.15, -0.1) is 18.3 Å². The number of thioether (sulfide) groups is 1. The molecule has 22 heavy (non-hydrogen) atoms. The van der Waals surface area contributed by atoms with Gasteiger partial charge in [-0.1, -0.05) is 6.08 Å². The molecule has 0 unspecified atom stereocenters. The lowest BCUT2D eigenvalue weighted by Crippen LogP contribution is -2.23. The average Bonchev–Trinajstić information content (AvgIpc) is 2.48. The van der Waals surface area contributed by atoms with E-state index in [9.17, 15) is 4.79 Å². The number of hydrogen-bond donors (Lipinski definition) is 2. The summed E-state index contributed by atoms with van der Waals surface area (Å²) in [6, 6.07) is 5.05. The van der Waals surface area contributed by atoms with Crippen LogP contribution >= 0.6 is 24.0 Å². The lowest BCUT2D eigenvalue weighted by Gasteiger charge is -2.09. The Kier molecular flexibility index (Phi) is 8.01. The van der Waals surface area contributed by atoms with Gasteiger partial charge in [0.15, 0.2) is 16.6 Å². The van der Waals surface area contributed by atoms with E-state index in [-0.39, 0.29) is 16.8 Å². The van der Waals surface area contributed by atoms with Gasteiger partial charge in [0.05, 0.1) is 19.1 Å². The topological polar surface area (TPSA) is 85.9 Å². The van der Waals surface area contributed by atoms with Crippen molar-refractivity contribution in [3.63, 3.8) is 0 Å². The summed E-state index contributed by atoms with van der Waals surface area (Å²) in [6.45, 7) is 3.59. The first kappa shape index (κ1) is 18.0. The van der Waals surface area contributed by atoms with Gasteiger partial charge >= 0.3 is 5.97 Å². The Morgan fingerprint density at radius 1 is 1.55 bits per heavy atom. The zero-order chi connectivity index (χ0) is 16.4. The van der Waals surface area contributed by atoms with Crippen molar-refractivity contribution in [1.29, 1.82) is 0 Å². The van der Waals surface area contributed by atoms with Gasteiger partial charge in [-0.3, -0.25) is 10.2 Å². The second-order valence-electron chi connectivity index (χ2n) is 3.92. The molecule has 0 spiro atoms. The maximum Gasteiger partial charge on any atom is 0.321 e. The first-order valence-corrected chi connectivity index (χ1v) is 7.79. The van der Waals surface area contributed by atoms with E-state index in [1.807, 2.05) is 0 Å². The number of carbonyl (C=O) groups excluding carboxylic acids is 1. The maximum absolute atomic E-state index is 11.7. The normalized spacial score (nSPS) is 10.2. The van der Waals surface area contributed by atoms with E-state index in [4.69, 9.17) is 15.2 Å². The predicted molar refractivity (Wildman–Crippen MR) is 93.7 cm³/mol. The minimum Gasteiger partial charge on any atom is -0.493 e. The summed E-state index contributed by atoms with van der Waals surface area (Å²) in [5.74, 6) is 1.38. The summed E-state index contributed by atoms with van der Waals surface area (Å²) >= 11 is 6.06. The van der Waals surface area contributed by atoms with Gasteiger partial charge in [-0.25, -0.2) is 0 Å². The highest BCUT2D eigenvalue weighted by molar-refractivity contribution is 8.00. The Morgan fingerprint density at radius 3 is 2.95 bits per heavy atom. The van der Waals surface area contributed by atoms with E-state index >= 15 is 0 Å². The number of nitrogens with one attached hydrogen (secondary N) is 1. The minimum atomic E-state index is -0.346. The number of ether oxygens (including phenoxy) is 2. The summed E-state index contributed by atoms with van der Waals surface area (Å²) in [4.78, 5) is 11.7. The molecule has 1 rings (SSSR count). The van der Waals surface area contributed by atoms with E-state index in [0.29, 0.717) is 17.3 Å². The monoisotopic (exact) mass is 339 g/mol. The standard InChI is InChI=1S/C14H17N3O3S2/c1-3-6-22-9-13(18)20-11-5-4-10(7-12(11)19-2)8-16-17-14(15)21/h3-5,7-8H,1,6,9H2,2H3,(H3,15,17,21)/b16-8-. The summed E-state index contributed by atoms with van der Waals surface area (Å²) in [5, 5.41) is 3.91. The highest BCUT2D eigenvalue weighted by atomic mass is 32.2. The van der Waals surface area contributed by atoms with Gasteiger partial charge in [-0.05, 0) is 36.0 Å². The third-order valence-electron chi connectivity index (χ3n) is 2.26. The van der Waals surface area contributed by atoms with Crippen LogP contribution in [0.4, 0.5) is 0 Å². The molecule has 0 radical (unpaired) electrons. The average molecular weight is 339 g/mol. The van der Waals surface area contributed by atoms with Crippen molar-refractivity contribution < 1.29 is 14.3 Å². The van der Waals surface area contributed by atoms with E-state index < -0.39 is 0 Å². The quantitative estimate of drug-likeness (QED) is 0.142. The van der Waals surface area contributed by atoms with Crippen molar-refractivity contribution in [1.82, 2.24) is 5.43 Å². The highest BCUT2D eigenvalue weighted by Gasteiger charge is 2.10. The van der Waals surface area contributed by atoms with Crippen LogP contribution in [0.3, 0.4) is 0 Å². The molecule has 0 saturated carbocycles. The molecule has 3 N–H and O–H groups in total. The van der Waals surface area contributed by atoms with Crippen molar-refractivity contribution in [2.45, 2.75) is 0 Å². The lowest BCUT2D eigenvalue weighted by molar-refractivity contribution is -0.131. The summed E-state index contributed by atoms with van der Waals surface area (Å²) in [6.07, 6.45) is 3.25. The smallest absolute Gasteiger partial charge is 0.321 e. The van der Waals surface area contributed by atoms with E-state index in [2.05, 4.69) is 29.3 Å². The molecular formula is C14H17N3O3S2. The molecule has 6 nitrogen and oxygen atoms in total. The number of hydrazone groups is 1. The van der Waals surface area contributed by atoms with Crippen molar-refractivity contribution in [3.8, 4) is 11.5 Å². The molecule has 0 aromatic heterocycles. The van der Waals surface area contributed by atoms with E-state index in [0.717, 1.165) is 5.56 Å². The number of methoxy groups -OCH3 is 1. The summed E-state index contributed by atoms with van der Waals surface area (Å²) in [7, 11) is 1.49. The molecule has 0 heterocycles. The second-order valence-corrected chi connectivity index (χ2v) is 5.39. The molecule has 8 heteroatoms. The molecule has 0 aliphatic carbocycles. The fraction of sp³-hybridized carbons (Fsp3) is 0.214. The van der Waals surface area contributed by atoms with Crippen LogP contribution in [0.1, 0.15) is 5.56 Å². The van der Waals surface area contributed by atoms with Crippen LogP contribution in [0.15, 0.2) is 36.0 Å². The molecule has 0 fully saturated rings.